The van der Waals surface area contributed by atoms with Crippen molar-refractivity contribution in [2.75, 3.05) is 0 Å². The van der Waals surface area contributed by atoms with Crippen molar-refractivity contribution >= 4 is 5.78 Å². The molecular weight excluding hydrogens is 248 g/mol. The van der Waals surface area contributed by atoms with Crippen LogP contribution in [0.1, 0.15) is 21.5 Å². The van der Waals surface area contributed by atoms with Gasteiger partial charge in [-0.1, -0.05) is 35.9 Å². The molecule has 0 radical (unpaired) electrons. The van der Waals surface area contributed by atoms with Gasteiger partial charge in [0.15, 0.2) is 5.78 Å². The van der Waals surface area contributed by atoms with Gasteiger partial charge in [0.1, 0.15) is 0 Å². The zero-order valence-electron chi connectivity index (χ0n) is 11.1. The van der Waals surface area contributed by atoms with E-state index >= 15 is 0 Å². The van der Waals surface area contributed by atoms with E-state index in [-0.39, 0.29) is 5.78 Å². The number of carbonyl (C=O) groups is 1. The Morgan fingerprint density at radius 2 is 1.85 bits per heavy atom. The molecule has 0 aliphatic rings. The van der Waals surface area contributed by atoms with E-state index in [4.69, 9.17) is 0 Å². The van der Waals surface area contributed by atoms with Crippen LogP contribution in [0.2, 0.25) is 0 Å². The molecule has 0 bridgehead atoms. The van der Waals surface area contributed by atoms with Crippen molar-refractivity contribution in [1.82, 2.24) is 9.97 Å². The van der Waals surface area contributed by atoms with E-state index in [2.05, 4.69) is 9.97 Å². The van der Waals surface area contributed by atoms with E-state index < -0.39 is 0 Å². The monoisotopic (exact) mass is 262 g/mol. The molecule has 3 rings (SSSR count). The quantitative estimate of drug-likeness (QED) is 0.733. The minimum Gasteiger partial charge on any atom is -0.366 e. The molecule has 20 heavy (non-hydrogen) atoms. The van der Waals surface area contributed by atoms with Gasteiger partial charge in [-0.3, -0.25) is 9.78 Å². The summed E-state index contributed by atoms with van der Waals surface area (Å²) in [6.45, 7) is 2.00. The summed E-state index contributed by atoms with van der Waals surface area (Å²) >= 11 is 0. The summed E-state index contributed by atoms with van der Waals surface area (Å²) in [7, 11) is 0. The predicted molar refractivity (Wildman–Crippen MR) is 78.6 cm³/mol. The number of H-pyrrole nitrogens is 1. The van der Waals surface area contributed by atoms with Gasteiger partial charge in [0.2, 0.25) is 0 Å². The number of aromatic nitrogens is 2. The van der Waals surface area contributed by atoms with Gasteiger partial charge >= 0.3 is 0 Å². The average Bonchev–Trinajstić information content (AvgIpc) is 2.97. The van der Waals surface area contributed by atoms with Crippen molar-refractivity contribution in [2.45, 2.75) is 6.92 Å². The summed E-state index contributed by atoms with van der Waals surface area (Å²) in [5.41, 5.74) is 4.10. The summed E-state index contributed by atoms with van der Waals surface area (Å²) in [5, 5.41) is 0. The maximum atomic E-state index is 12.6. The van der Waals surface area contributed by atoms with Crippen molar-refractivity contribution in [2.24, 2.45) is 0 Å². The lowest BCUT2D eigenvalue weighted by Crippen LogP contribution is -2.01. The molecule has 98 valence electrons. The first kappa shape index (κ1) is 12.4. The Labute approximate surface area is 117 Å². The molecule has 0 atom stereocenters. The molecule has 0 unspecified atom stereocenters. The zero-order valence-corrected chi connectivity index (χ0v) is 11.1. The van der Waals surface area contributed by atoms with E-state index in [0.717, 1.165) is 16.8 Å². The van der Waals surface area contributed by atoms with Crippen LogP contribution in [0, 0.1) is 6.92 Å². The first-order chi connectivity index (χ1) is 9.75. The zero-order chi connectivity index (χ0) is 13.9. The van der Waals surface area contributed by atoms with Gasteiger partial charge in [0.25, 0.3) is 0 Å². The summed E-state index contributed by atoms with van der Waals surface area (Å²) in [6, 6.07) is 13.3. The minimum atomic E-state index is 0.00639. The van der Waals surface area contributed by atoms with E-state index in [9.17, 15) is 4.79 Å². The first-order valence-electron chi connectivity index (χ1n) is 6.45. The average molecular weight is 262 g/mol. The predicted octanol–water partition coefficient (Wildman–Crippen LogP) is 3.62. The topological polar surface area (TPSA) is 45.8 Å². The van der Waals surface area contributed by atoms with E-state index in [1.54, 1.807) is 12.4 Å². The highest BCUT2D eigenvalue weighted by Crippen LogP contribution is 2.23. The molecule has 1 N–H and O–H groups in total. The summed E-state index contributed by atoms with van der Waals surface area (Å²) < 4.78 is 0. The van der Waals surface area contributed by atoms with Crippen LogP contribution in [0.25, 0.3) is 11.3 Å². The highest BCUT2D eigenvalue weighted by molar-refractivity contribution is 6.12. The van der Waals surface area contributed by atoms with Crippen LogP contribution in [0.5, 0.6) is 0 Å². The number of carbonyl (C=O) groups excluding carboxylic acids is 1. The second-order valence-electron chi connectivity index (χ2n) is 4.69. The molecular formula is C17H14N2O. The Hall–Kier alpha value is -2.68. The molecule has 2 aromatic heterocycles. The van der Waals surface area contributed by atoms with Crippen LogP contribution in [-0.2, 0) is 0 Å². The molecule has 0 amide bonds. The number of nitrogens with zero attached hydrogens (tertiary/aromatic N) is 1. The van der Waals surface area contributed by atoms with Gasteiger partial charge in [-0.05, 0) is 19.1 Å². The Bertz CT molecular complexity index is 727. The molecule has 0 saturated heterocycles. The summed E-state index contributed by atoms with van der Waals surface area (Å²) in [6.07, 6.45) is 5.26. The number of pyridine rings is 1. The molecule has 3 heteroatoms. The van der Waals surface area contributed by atoms with Crippen molar-refractivity contribution in [3.63, 3.8) is 0 Å². The standard InChI is InChI=1S/C17H14N2O/c1-12-5-7-13(8-6-12)17(20)15-11-18-10-14(15)16-4-2-3-9-19-16/h2-11,18H,1H3. The second kappa shape index (κ2) is 5.13. The Balaban J connectivity index is 2.02. The maximum Gasteiger partial charge on any atom is 0.195 e. The molecule has 0 aliphatic heterocycles. The van der Waals surface area contributed by atoms with E-state index in [0.29, 0.717) is 11.1 Å². The minimum absolute atomic E-state index is 0.00639. The van der Waals surface area contributed by atoms with Gasteiger partial charge in [-0.25, -0.2) is 0 Å². The lowest BCUT2D eigenvalue weighted by Gasteiger charge is -2.03. The van der Waals surface area contributed by atoms with Crippen LogP contribution in [-0.4, -0.2) is 15.8 Å². The van der Waals surface area contributed by atoms with Crippen molar-refractivity contribution in [1.29, 1.82) is 0 Å². The van der Waals surface area contributed by atoms with Crippen LogP contribution in [0.4, 0.5) is 0 Å². The SMILES string of the molecule is Cc1ccc(C(=O)c2c[nH]cc2-c2ccccn2)cc1. The molecule has 0 saturated carbocycles. The van der Waals surface area contributed by atoms with Gasteiger partial charge in [0.05, 0.1) is 5.69 Å². The number of rotatable bonds is 3. The molecule has 1 aromatic carbocycles. The molecule has 0 fully saturated rings. The van der Waals surface area contributed by atoms with Crippen LogP contribution in [0.3, 0.4) is 0 Å². The molecule has 2 heterocycles. The number of benzene rings is 1. The maximum absolute atomic E-state index is 12.6. The Morgan fingerprint density at radius 3 is 2.55 bits per heavy atom. The Kier molecular flexibility index (Phi) is 3.17. The van der Waals surface area contributed by atoms with Crippen molar-refractivity contribution < 1.29 is 4.79 Å². The smallest absolute Gasteiger partial charge is 0.195 e. The highest BCUT2D eigenvalue weighted by atomic mass is 16.1. The second-order valence-corrected chi connectivity index (χ2v) is 4.69. The fraction of sp³-hybridized carbons (Fsp3) is 0.0588. The number of hydrogen-bond acceptors (Lipinski definition) is 2. The van der Waals surface area contributed by atoms with Gasteiger partial charge < -0.3 is 4.98 Å². The fourth-order valence-corrected chi connectivity index (χ4v) is 2.15. The number of nitrogens with one attached hydrogen (secondary N) is 1. The summed E-state index contributed by atoms with van der Waals surface area (Å²) in [4.78, 5) is 19.9. The van der Waals surface area contributed by atoms with Crippen molar-refractivity contribution in [3.05, 3.63) is 77.7 Å². The lowest BCUT2D eigenvalue weighted by atomic mass is 10.00. The van der Waals surface area contributed by atoms with Crippen LogP contribution < -0.4 is 0 Å². The normalized spacial score (nSPS) is 10.4. The fourth-order valence-electron chi connectivity index (χ4n) is 2.15. The third-order valence-corrected chi connectivity index (χ3v) is 3.24. The first-order valence-corrected chi connectivity index (χ1v) is 6.45. The number of aromatic amines is 1. The van der Waals surface area contributed by atoms with Gasteiger partial charge in [-0.15, -0.1) is 0 Å². The largest absolute Gasteiger partial charge is 0.366 e. The number of aryl methyl sites for hydroxylation is 1. The Morgan fingerprint density at radius 1 is 1.05 bits per heavy atom. The number of hydrogen-bond donors (Lipinski definition) is 1. The van der Waals surface area contributed by atoms with E-state index in [1.165, 1.54) is 0 Å². The lowest BCUT2D eigenvalue weighted by molar-refractivity contribution is 0.103. The third kappa shape index (κ3) is 2.26. The summed E-state index contributed by atoms with van der Waals surface area (Å²) in [5.74, 6) is 0.00639. The highest BCUT2D eigenvalue weighted by Gasteiger charge is 2.16. The van der Waals surface area contributed by atoms with Crippen LogP contribution >= 0.6 is 0 Å². The molecule has 3 nitrogen and oxygen atoms in total. The molecule has 3 aromatic rings. The molecule has 0 spiro atoms. The van der Waals surface area contributed by atoms with Crippen LogP contribution in [0.15, 0.2) is 61.1 Å². The van der Waals surface area contributed by atoms with Crippen molar-refractivity contribution in [3.8, 4) is 11.3 Å². The van der Waals surface area contributed by atoms with Gasteiger partial charge in [-0.2, -0.15) is 0 Å². The third-order valence-electron chi connectivity index (χ3n) is 3.24. The van der Waals surface area contributed by atoms with Gasteiger partial charge in [0, 0.05) is 35.3 Å². The number of ketones is 1. The van der Waals surface area contributed by atoms with E-state index in [1.807, 2.05) is 55.6 Å². The molecule has 0 aliphatic carbocycles.